The molecule has 3 amide bonds. The number of carbonyl (C=O) groups is 2. The minimum absolute atomic E-state index is 0.0716. The highest BCUT2D eigenvalue weighted by Gasteiger charge is 2.31. The summed E-state index contributed by atoms with van der Waals surface area (Å²) >= 11 is 6.76. The highest BCUT2D eigenvalue weighted by atomic mass is 35.5. The van der Waals surface area contributed by atoms with Gasteiger partial charge in [0.25, 0.3) is 5.56 Å². The summed E-state index contributed by atoms with van der Waals surface area (Å²) in [5.41, 5.74) is 3.27. The molecule has 0 spiro atoms. The van der Waals surface area contributed by atoms with Gasteiger partial charge in [-0.3, -0.25) is 15.0 Å². The maximum atomic E-state index is 14.1. The van der Waals surface area contributed by atoms with E-state index in [0.29, 0.717) is 46.7 Å². The second-order valence-electron chi connectivity index (χ2n) is 13.3. The Morgan fingerprint density at radius 2 is 1.83 bits per heavy atom. The molecule has 5 rings (SSSR count). The van der Waals surface area contributed by atoms with E-state index < -0.39 is 11.6 Å². The smallest absolute Gasteiger partial charge is 0.410 e. The number of amides is 3. The molecule has 12 heteroatoms. The summed E-state index contributed by atoms with van der Waals surface area (Å²) < 4.78 is 13.9. The lowest BCUT2D eigenvalue weighted by Gasteiger charge is -2.36. The van der Waals surface area contributed by atoms with Crippen LogP contribution in [0.5, 0.6) is 5.75 Å². The quantitative estimate of drug-likeness (QED) is 0.216. The summed E-state index contributed by atoms with van der Waals surface area (Å²) in [4.78, 5) is 51.6. The van der Waals surface area contributed by atoms with Gasteiger partial charge in [-0.25, -0.2) is 19.6 Å². The number of piperidine rings is 1. The molecule has 4 aromatic rings. The van der Waals surface area contributed by atoms with Gasteiger partial charge in [0, 0.05) is 44.7 Å². The Labute approximate surface area is 285 Å². The third kappa shape index (κ3) is 7.73. The monoisotopic (exact) mass is 674 g/mol. The Balaban J connectivity index is 1.56. The molecular formula is C36H43ClN6O5. The molecule has 1 N–H and O–H groups in total. The van der Waals surface area contributed by atoms with Crippen molar-refractivity contribution in [2.45, 2.75) is 71.9 Å². The molecule has 1 atom stereocenters. The fourth-order valence-electron chi connectivity index (χ4n) is 6.13. The Hall–Kier alpha value is -4.64. The largest absolute Gasteiger partial charge is 0.492 e. The Bertz CT molecular complexity index is 1870. The van der Waals surface area contributed by atoms with Crippen molar-refractivity contribution in [1.82, 2.24) is 19.4 Å². The zero-order valence-electron chi connectivity index (χ0n) is 28.6. The second-order valence-corrected chi connectivity index (χ2v) is 13.7. The summed E-state index contributed by atoms with van der Waals surface area (Å²) in [6, 6.07) is 10.5. The number of benzene rings is 2. The molecule has 0 radical (unpaired) electrons. The van der Waals surface area contributed by atoms with Crippen LogP contribution in [0.15, 0.2) is 53.7 Å². The van der Waals surface area contributed by atoms with Crippen LogP contribution in [-0.2, 0) is 11.8 Å². The van der Waals surface area contributed by atoms with Crippen molar-refractivity contribution in [3.63, 3.8) is 0 Å². The standard InChI is InChI=1S/C36H43ClN6O5/c1-22-16-23(2)18-24(17-22)31-32(47-15-12-25-10-8-9-14-43(25)35(46)48-36(3,4)5)26-19-29(27(37)20-28(26)41(6)33(31)44)42(7)34(45)40-30-11-13-38-21-39-30/h11,13,16-21,25H,8-10,12,14-15H2,1-7H3,(H,38,39,40,45). The first kappa shape index (κ1) is 34.7. The van der Waals surface area contributed by atoms with E-state index in [-0.39, 0.29) is 29.3 Å². The number of ether oxygens (including phenoxy) is 2. The maximum Gasteiger partial charge on any atom is 0.410 e. The lowest BCUT2D eigenvalue weighted by atomic mass is 9.98. The highest BCUT2D eigenvalue weighted by Crippen LogP contribution is 2.40. The van der Waals surface area contributed by atoms with Gasteiger partial charge in [-0.2, -0.15) is 0 Å². The Morgan fingerprint density at radius 3 is 2.50 bits per heavy atom. The number of pyridine rings is 1. The van der Waals surface area contributed by atoms with E-state index in [1.807, 2.05) is 52.8 Å². The van der Waals surface area contributed by atoms with Crippen LogP contribution in [0, 0.1) is 13.8 Å². The topological polar surface area (TPSA) is 119 Å². The van der Waals surface area contributed by atoms with Crippen LogP contribution in [0.2, 0.25) is 5.02 Å². The molecule has 1 saturated heterocycles. The number of carbonyl (C=O) groups excluding carboxylic acids is 2. The number of hydrogen-bond acceptors (Lipinski definition) is 7. The van der Waals surface area contributed by atoms with E-state index in [4.69, 9.17) is 21.1 Å². The van der Waals surface area contributed by atoms with Crippen molar-refractivity contribution in [3.05, 3.63) is 75.4 Å². The number of hydrogen-bond donors (Lipinski definition) is 1. The molecule has 48 heavy (non-hydrogen) atoms. The molecule has 11 nitrogen and oxygen atoms in total. The number of halogens is 1. The van der Waals surface area contributed by atoms with Gasteiger partial charge in [-0.1, -0.05) is 40.9 Å². The molecule has 1 fully saturated rings. The first-order valence-electron chi connectivity index (χ1n) is 16.1. The van der Waals surface area contributed by atoms with Gasteiger partial charge in [-0.15, -0.1) is 0 Å². The minimum Gasteiger partial charge on any atom is -0.492 e. The van der Waals surface area contributed by atoms with E-state index in [0.717, 1.165) is 36.0 Å². The van der Waals surface area contributed by atoms with Crippen molar-refractivity contribution >= 4 is 46.1 Å². The van der Waals surface area contributed by atoms with Crippen LogP contribution in [0.4, 0.5) is 21.1 Å². The van der Waals surface area contributed by atoms with Crippen LogP contribution >= 0.6 is 11.6 Å². The first-order valence-corrected chi connectivity index (χ1v) is 16.5. The minimum atomic E-state index is -0.600. The van der Waals surface area contributed by atoms with Gasteiger partial charge in [0.2, 0.25) is 0 Å². The average Bonchev–Trinajstić information content (AvgIpc) is 3.02. The zero-order valence-corrected chi connectivity index (χ0v) is 29.3. The predicted octanol–water partition coefficient (Wildman–Crippen LogP) is 7.49. The predicted molar refractivity (Wildman–Crippen MR) is 189 cm³/mol. The second kappa shape index (κ2) is 14.2. The van der Waals surface area contributed by atoms with Gasteiger partial charge in [0.15, 0.2) is 0 Å². The summed E-state index contributed by atoms with van der Waals surface area (Å²) in [7, 11) is 3.30. The normalized spacial score (nSPS) is 14.9. The van der Waals surface area contributed by atoms with E-state index in [1.54, 1.807) is 41.8 Å². The summed E-state index contributed by atoms with van der Waals surface area (Å²) in [6.45, 7) is 10.4. The number of fused-ring (bicyclic) bond motifs is 1. The Morgan fingerprint density at radius 1 is 1.10 bits per heavy atom. The lowest BCUT2D eigenvalue weighted by Crippen LogP contribution is -2.46. The SMILES string of the molecule is Cc1cc(C)cc(-c2c(OCCC3CCCCN3C(=O)OC(C)(C)C)c3cc(N(C)C(=O)Nc4ccncn4)c(Cl)cc3n(C)c2=O)c1. The fraction of sp³-hybridized carbons (Fsp3) is 0.417. The molecular weight excluding hydrogens is 632 g/mol. The number of aromatic nitrogens is 3. The van der Waals surface area contributed by atoms with Crippen LogP contribution in [-0.4, -0.2) is 63.4 Å². The first-order chi connectivity index (χ1) is 22.7. The van der Waals surface area contributed by atoms with E-state index >= 15 is 0 Å². The molecule has 254 valence electrons. The van der Waals surface area contributed by atoms with Gasteiger partial charge in [0.05, 0.1) is 28.4 Å². The third-order valence-electron chi connectivity index (χ3n) is 8.36. The number of anilines is 2. The highest BCUT2D eigenvalue weighted by molar-refractivity contribution is 6.35. The van der Waals surface area contributed by atoms with Crippen molar-refractivity contribution in [1.29, 1.82) is 0 Å². The van der Waals surface area contributed by atoms with Crippen molar-refractivity contribution in [3.8, 4) is 16.9 Å². The van der Waals surface area contributed by atoms with Crippen LogP contribution < -0.4 is 20.5 Å². The Kier molecular flexibility index (Phi) is 10.3. The number of likely N-dealkylation sites (tertiary alicyclic amines) is 1. The molecule has 3 heterocycles. The average molecular weight is 675 g/mol. The summed E-state index contributed by atoms with van der Waals surface area (Å²) in [6.07, 6.45) is 5.83. The molecule has 2 aromatic heterocycles. The number of urea groups is 1. The number of rotatable bonds is 7. The molecule has 0 aliphatic carbocycles. The van der Waals surface area contributed by atoms with Crippen LogP contribution in [0.25, 0.3) is 22.0 Å². The van der Waals surface area contributed by atoms with Gasteiger partial charge in [-0.05, 0) is 77.6 Å². The van der Waals surface area contributed by atoms with Crippen molar-refractivity contribution in [2.24, 2.45) is 7.05 Å². The molecule has 0 bridgehead atoms. The van der Waals surface area contributed by atoms with Gasteiger partial charge in [0.1, 0.15) is 23.5 Å². The third-order valence-corrected chi connectivity index (χ3v) is 8.67. The number of nitrogens with zero attached hydrogens (tertiary/aromatic N) is 5. The van der Waals surface area contributed by atoms with Crippen molar-refractivity contribution < 1.29 is 19.1 Å². The lowest BCUT2D eigenvalue weighted by molar-refractivity contribution is 0.00745. The molecule has 1 aliphatic heterocycles. The van der Waals surface area contributed by atoms with Gasteiger partial charge >= 0.3 is 12.1 Å². The zero-order chi connectivity index (χ0) is 34.7. The maximum absolute atomic E-state index is 14.1. The number of nitrogens with one attached hydrogen (secondary N) is 1. The summed E-state index contributed by atoms with van der Waals surface area (Å²) in [5, 5.41) is 3.63. The summed E-state index contributed by atoms with van der Waals surface area (Å²) in [5.74, 6) is 0.727. The molecule has 1 unspecified atom stereocenters. The van der Waals surface area contributed by atoms with E-state index in [9.17, 15) is 14.4 Å². The fourth-order valence-corrected chi connectivity index (χ4v) is 6.41. The van der Waals surface area contributed by atoms with E-state index in [1.165, 1.54) is 17.4 Å². The molecule has 1 aliphatic rings. The molecule has 0 saturated carbocycles. The molecule has 2 aromatic carbocycles. The van der Waals surface area contributed by atoms with Crippen LogP contribution in [0.1, 0.15) is 57.6 Å². The van der Waals surface area contributed by atoms with Gasteiger partial charge < -0.3 is 18.9 Å². The van der Waals surface area contributed by atoms with Crippen LogP contribution in [0.3, 0.4) is 0 Å². The van der Waals surface area contributed by atoms with E-state index in [2.05, 4.69) is 15.3 Å². The number of aryl methyl sites for hydroxylation is 3. The van der Waals surface area contributed by atoms with Crippen molar-refractivity contribution in [2.75, 3.05) is 30.4 Å².